The molecule has 2 nitrogen and oxygen atoms in total. The van der Waals surface area contributed by atoms with Gasteiger partial charge >= 0.3 is 0 Å². The van der Waals surface area contributed by atoms with Gasteiger partial charge in [-0.15, -0.1) is 11.6 Å². The molecule has 0 amide bonds. The normalized spacial score (nSPS) is 12.4. The second kappa shape index (κ2) is 8.43. The van der Waals surface area contributed by atoms with Crippen molar-refractivity contribution in [2.24, 2.45) is 0 Å². The van der Waals surface area contributed by atoms with E-state index in [1.54, 1.807) is 0 Å². The maximum Gasteiger partial charge on any atom is 0.119 e. The van der Waals surface area contributed by atoms with Gasteiger partial charge < -0.3 is 10.1 Å². The van der Waals surface area contributed by atoms with Gasteiger partial charge in [0.05, 0.1) is 0 Å². The topological polar surface area (TPSA) is 21.3 Å². The molecule has 16 heavy (non-hydrogen) atoms. The van der Waals surface area contributed by atoms with Crippen LogP contribution in [0.25, 0.3) is 0 Å². The van der Waals surface area contributed by atoms with Crippen LogP contribution >= 0.6 is 11.6 Å². The zero-order valence-electron chi connectivity index (χ0n) is 9.79. The lowest BCUT2D eigenvalue weighted by molar-refractivity contribution is 0.305. The van der Waals surface area contributed by atoms with Gasteiger partial charge in [-0.2, -0.15) is 0 Å². The maximum absolute atomic E-state index is 5.63. The third-order valence-corrected chi connectivity index (χ3v) is 2.64. The molecule has 1 aromatic rings. The number of rotatable bonds is 8. The SMILES string of the molecule is CC(CCCCl)NCCOc1ccccc1. The second-order valence-corrected chi connectivity index (χ2v) is 4.23. The van der Waals surface area contributed by atoms with Crippen LogP contribution in [-0.2, 0) is 0 Å². The van der Waals surface area contributed by atoms with Crippen molar-refractivity contribution < 1.29 is 4.74 Å². The number of hydrogen-bond acceptors (Lipinski definition) is 2. The molecule has 3 heteroatoms. The minimum Gasteiger partial charge on any atom is -0.492 e. The molecule has 0 aliphatic rings. The Kier molecular flexibility index (Phi) is 7.02. The smallest absolute Gasteiger partial charge is 0.119 e. The Hall–Kier alpha value is -0.730. The molecule has 0 aromatic heterocycles. The number of alkyl halides is 1. The van der Waals surface area contributed by atoms with Gasteiger partial charge in [0.25, 0.3) is 0 Å². The summed E-state index contributed by atoms with van der Waals surface area (Å²) in [6, 6.07) is 10.4. The van der Waals surface area contributed by atoms with Crippen LogP contribution < -0.4 is 10.1 Å². The summed E-state index contributed by atoms with van der Waals surface area (Å²) in [6.45, 7) is 3.75. The lowest BCUT2D eigenvalue weighted by Gasteiger charge is -2.13. The van der Waals surface area contributed by atoms with Crippen LogP contribution in [0.5, 0.6) is 5.75 Å². The highest BCUT2D eigenvalue weighted by Crippen LogP contribution is 2.07. The Balaban J connectivity index is 2.03. The fourth-order valence-electron chi connectivity index (χ4n) is 1.48. The molecule has 1 unspecified atom stereocenters. The van der Waals surface area contributed by atoms with Gasteiger partial charge in [-0.05, 0) is 31.9 Å². The minimum atomic E-state index is 0.512. The first-order chi connectivity index (χ1) is 7.83. The Morgan fingerprint density at radius 1 is 1.31 bits per heavy atom. The molecule has 0 radical (unpaired) electrons. The lowest BCUT2D eigenvalue weighted by atomic mass is 10.2. The van der Waals surface area contributed by atoms with Gasteiger partial charge in [0.15, 0.2) is 0 Å². The molecule has 1 atom stereocenters. The predicted octanol–water partition coefficient (Wildman–Crippen LogP) is 3.06. The molecule has 0 saturated carbocycles. The van der Waals surface area contributed by atoms with Crippen molar-refractivity contribution in [1.29, 1.82) is 0 Å². The standard InChI is InChI=1S/C13H20ClNO/c1-12(6-5-9-14)15-10-11-16-13-7-3-2-4-8-13/h2-4,7-8,12,15H,5-6,9-11H2,1H3. The number of nitrogens with one attached hydrogen (secondary N) is 1. The molecule has 1 N–H and O–H groups in total. The summed E-state index contributed by atoms with van der Waals surface area (Å²) in [7, 11) is 0. The van der Waals surface area contributed by atoms with Crippen molar-refractivity contribution in [2.45, 2.75) is 25.8 Å². The molecular formula is C13H20ClNO. The summed E-state index contributed by atoms with van der Waals surface area (Å²) in [5.74, 6) is 1.67. The van der Waals surface area contributed by atoms with Crippen LogP contribution in [0, 0.1) is 0 Å². The van der Waals surface area contributed by atoms with Crippen molar-refractivity contribution in [3.05, 3.63) is 30.3 Å². The summed E-state index contributed by atoms with van der Waals surface area (Å²) < 4.78 is 5.57. The number of benzene rings is 1. The molecule has 0 bridgehead atoms. The summed E-state index contributed by atoms with van der Waals surface area (Å²) >= 11 is 5.63. The summed E-state index contributed by atoms with van der Waals surface area (Å²) in [6.07, 6.45) is 2.18. The van der Waals surface area contributed by atoms with E-state index in [1.807, 2.05) is 30.3 Å². The van der Waals surface area contributed by atoms with E-state index >= 15 is 0 Å². The molecule has 1 aromatic carbocycles. The van der Waals surface area contributed by atoms with Gasteiger partial charge in [0, 0.05) is 18.5 Å². The van der Waals surface area contributed by atoms with E-state index in [0.29, 0.717) is 12.6 Å². The Morgan fingerprint density at radius 3 is 2.75 bits per heavy atom. The fourth-order valence-corrected chi connectivity index (χ4v) is 1.63. The van der Waals surface area contributed by atoms with Crippen LogP contribution in [0.3, 0.4) is 0 Å². The van der Waals surface area contributed by atoms with E-state index in [2.05, 4.69) is 12.2 Å². The molecule has 90 valence electrons. The maximum atomic E-state index is 5.63. The highest BCUT2D eigenvalue weighted by molar-refractivity contribution is 6.17. The first-order valence-electron chi connectivity index (χ1n) is 5.80. The Bertz CT molecular complexity index is 266. The van der Waals surface area contributed by atoms with Gasteiger partial charge in [-0.3, -0.25) is 0 Å². The van der Waals surface area contributed by atoms with Crippen molar-refractivity contribution in [2.75, 3.05) is 19.0 Å². The summed E-state index contributed by atoms with van der Waals surface area (Å²) in [4.78, 5) is 0. The van der Waals surface area contributed by atoms with Crippen LogP contribution in [0.15, 0.2) is 30.3 Å². The minimum absolute atomic E-state index is 0.512. The lowest BCUT2D eigenvalue weighted by Crippen LogP contribution is -2.30. The van der Waals surface area contributed by atoms with Gasteiger partial charge in [-0.25, -0.2) is 0 Å². The molecule has 0 saturated heterocycles. The Labute approximate surface area is 103 Å². The van der Waals surface area contributed by atoms with Crippen molar-refractivity contribution in [1.82, 2.24) is 5.32 Å². The third kappa shape index (κ3) is 5.99. The van der Waals surface area contributed by atoms with Crippen molar-refractivity contribution in [3.8, 4) is 5.75 Å². The highest BCUT2D eigenvalue weighted by Gasteiger charge is 1.99. The van der Waals surface area contributed by atoms with E-state index < -0.39 is 0 Å². The van der Waals surface area contributed by atoms with Crippen molar-refractivity contribution in [3.63, 3.8) is 0 Å². The van der Waals surface area contributed by atoms with Gasteiger partial charge in [-0.1, -0.05) is 18.2 Å². The average molecular weight is 242 g/mol. The summed E-state index contributed by atoms with van der Waals surface area (Å²) in [5, 5.41) is 3.40. The van der Waals surface area contributed by atoms with Crippen LogP contribution in [0.4, 0.5) is 0 Å². The fraction of sp³-hybridized carbons (Fsp3) is 0.538. The molecule has 0 aliphatic heterocycles. The summed E-state index contributed by atoms with van der Waals surface area (Å²) in [5.41, 5.74) is 0. The average Bonchev–Trinajstić information content (AvgIpc) is 2.33. The zero-order chi connectivity index (χ0) is 11.6. The number of ether oxygens (including phenoxy) is 1. The van der Waals surface area contributed by atoms with Crippen LogP contribution in [0.1, 0.15) is 19.8 Å². The number of hydrogen-bond donors (Lipinski definition) is 1. The largest absolute Gasteiger partial charge is 0.492 e. The van der Waals surface area contributed by atoms with Crippen LogP contribution in [0.2, 0.25) is 0 Å². The second-order valence-electron chi connectivity index (χ2n) is 3.85. The van der Waals surface area contributed by atoms with Gasteiger partial charge in [0.2, 0.25) is 0 Å². The molecule has 0 aliphatic carbocycles. The monoisotopic (exact) mass is 241 g/mol. The predicted molar refractivity (Wildman–Crippen MR) is 69.4 cm³/mol. The zero-order valence-corrected chi connectivity index (χ0v) is 10.5. The first-order valence-corrected chi connectivity index (χ1v) is 6.33. The molecule has 1 rings (SSSR count). The molecule has 0 heterocycles. The quantitative estimate of drug-likeness (QED) is 0.558. The van der Waals surface area contributed by atoms with Crippen LogP contribution in [-0.4, -0.2) is 25.1 Å². The Morgan fingerprint density at radius 2 is 2.06 bits per heavy atom. The highest BCUT2D eigenvalue weighted by atomic mass is 35.5. The third-order valence-electron chi connectivity index (χ3n) is 2.38. The van der Waals surface area contributed by atoms with Gasteiger partial charge in [0.1, 0.15) is 12.4 Å². The molecular weight excluding hydrogens is 222 g/mol. The van der Waals surface area contributed by atoms with E-state index in [-0.39, 0.29) is 0 Å². The van der Waals surface area contributed by atoms with E-state index in [0.717, 1.165) is 31.0 Å². The molecule has 0 spiro atoms. The van der Waals surface area contributed by atoms with E-state index in [4.69, 9.17) is 16.3 Å². The number of halogens is 1. The van der Waals surface area contributed by atoms with Crippen molar-refractivity contribution >= 4 is 11.6 Å². The number of para-hydroxylation sites is 1. The first kappa shape index (κ1) is 13.3. The van der Waals surface area contributed by atoms with E-state index in [9.17, 15) is 0 Å². The van der Waals surface area contributed by atoms with E-state index in [1.165, 1.54) is 0 Å². The molecule has 0 fully saturated rings.